The monoisotopic (exact) mass is 485 g/mol. The van der Waals surface area contributed by atoms with E-state index in [0.29, 0.717) is 0 Å². The van der Waals surface area contributed by atoms with Gasteiger partial charge in [0.15, 0.2) is 5.78 Å². The predicted octanol–water partition coefficient (Wildman–Crippen LogP) is 6.33. The SMILES string of the molecule is CN1CCN(CCCCCCN2c3ccccc3Sc3ccc(C(=O)c4ccccc4)cc32)CC1. The van der Waals surface area contributed by atoms with Crippen molar-refractivity contribution in [2.75, 3.05) is 51.2 Å². The first kappa shape index (κ1) is 24.1. The van der Waals surface area contributed by atoms with Gasteiger partial charge in [0, 0.05) is 53.6 Å². The second-order valence-corrected chi connectivity index (χ2v) is 10.7. The first-order chi connectivity index (χ1) is 17.2. The third-order valence-electron chi connectivity index (χ3n) is 7.13. The molecule has 0 spiro atoms. The van der Waals surface area contributed by atoms with E-state index in [1.165, 1.54) is 67.5 Å². The number of carbonyl (C=O) groups excluding carboxylic acids is 1. The standard InChI is InChI=1S/C30H35N3OS/c1-31-19-21-32(22-20-31)17-9-2-3-10-18-33-26-13-7-8-14-28(26)35-29-16-15-25(23-27(29)33)30(34)24-11-5-4-6-12-24/h4-8,11-16,23H,2-3,9-10,17-22H2,1H3. The summed E-state index contributed by atoms with van der Waals surface area (Å²) in [6.07, 6.45) is 4.94. The van der Waals surface area contributed by atoms with Crippen LogP contribution in [0.5, 0.6) is 0 Å². The van der Waals surface area contributed by atoms with Crippen LogP contribution in [-0.4, -0.2) is 61.9 Å². The zero-order valence-corrected chi connectivity index (χ0v) is 21.5. The predicted molar refractivity (Wildman–Crippen MR) is 146 cm³/mol. The Balaban J connectivity index is 1.24. The lowest BCUT2D eigenvalue weighted by atomic mass is 10.0. The van der Waals surface area contributed by atoms with Gasteiger partial charge in [0.25, 0.3) is 0 Å². The molecule has 1 fully saturated rings. The summed E-state index contributed by atoms with van der Waals surface area (Å²) in [5.74, 6) is 0.0844. The summed E-state index contributed by atoms with van der Waals surface area (Å²) in [7, 11) is 2.22. The fourth-order valence-corrected chi connectivity index (χ4v) is 6.07. The van der Waals surface area contributed by atoms with E-state index in [2.05, 4.69) is 58.1 Å². The van der Waals surface area contributed by atoms with Crippen LogP contribution in [0, 0.1) is 0 Å². The minimum absolute atomic E-state index is 0.0844. The number of ketones is 1. The summed E-state index contributed by atoms with van der Waals surface area (Å²) in [4.78, 5) is 23.1. The summed E-state index contributed by atoms with van der Waals surface area (Å²) >= 11 is 1.80. The van der Waals surface area contributed by atoms with Gasteiger partial charge < -0.3 is 14.7 Å². The Morgan fingerprint density at radius 1 is 0.714 bits per heavy atom. The smallest absolute Gasteiger partial charge is 0.193 e. The Morgan fingerprint density at radius 2 is 1.40 bits per heavy atom. The fourth-order valence-electron chi connectivity index (χ4n) is 5.00. The van der Waals surface area contributed by atoms with Crippen LogP contribution in [0.2, 0.25) is 0 Å². The van der Waals surface area contributed by atoms with E-state index in [1.54, 1.807) is 11.8 Å². The average Bonchev–Trinajstić information content (AvgIpc) is 2.91. The van der Waals surface area contributed by atoms with E-state index in [-0.39, 0.29) is 5.78 Å². The molecule has 3 aromatic carbocycles. The molecule has 2 aliphatic rings. The normalized spacial score (nSPS) is 16.1. The quantitative estimate of drug-likeness (QED) is 0.261. The van der Waals surface area contributed by atoms with Gasteiger partial charge in [-0.15, -0.1) is 0 Å². The molecule has 5 rings (SSSR count). The number of fused-ring (bicyclic) bond motifs is 2. The van der Waals surface area contributed by atoms with Crippen LogP contribution in [0.25, 0.3) is 0 Å². The maximum Gasteiger partial charge on any atom is 0.193 e. The first-order valence-electron chi connectivity index (χ1n) is 12.9. The molecule has 4 nitrogen and oxygen atoms in total. The van der Waals surface area contributed by atoms with Gasteiger partial charge in [-0.05, 0) is 56.8 Å². The van der Waals surface area contributed by atoms with Crippen molar-refractivity contribution >= 4 is 28.9 Å². The number of piperazine rings is 1. The Hall–Kier alpha value is -2.60. The van der Waals surface area contributed by atoms with Crippen LogP contribution in [-0.2, 0) is 0 Å². The molecular formula is C30H35N3OS. The van der Waals surface area contributed by atoms with Gasteiger partial charge in [-0.1, -0.05) is 67.1 Å². The maximum absolute atomic E-state index is 13.1. The molecule has 5 heteroatoms. The van der Waals surface area contributed by atoms with E-state index in [4.69, 9.17) is 0 Å². The van der Waals surface area contributed by atoms with Crippen LogP contribution in [0.4, 0.5) is 11.4 Å². The molecule has 0 aliphatic carbocycles. The molecule has 182 valence electrons. The van der Waals surface area contributed by atoms with Crippen LogP contribution < -0.4 is 4.90 Å². The van der Waals surface area contributed by atoms with Crippen LogP contribution in [0.3, 0.4) is 0 Å². The van der Waals surface area contributed by atoms with E-state index in [1.807, 2.05) is 36.4 Å². The number of likely N-dealkylation sites (N-methyl/N-ethyl adjacent to an activating group) is 1. The van der Waals surface area contributed by atoms with Crippen molar-refractivity contribution in [2.45, 2.75) is 35.5 Å². The first-order valence-corrected chi connectivity index (χ1v) is 13.7. The summed E-state index contributed by atoms with van der Waals surface area (Å²) in [6.45, 7) is 7.01. The molecule has 2 aliphatic heterocycles. The summed E-state index contributed by atoms with van der Waals surface area (Å²) < 4.78 is 0. The number of benzene rings is 3. The van der Waals surface area contributed by atoms with Crippen molar-refractivity contribution in [1.29, 1.82) is 0 Å². The Kier molecular flexibility index (Phi) is 7.87. The average molecular weight is 486 g/mol. The highest BCUT2D eigenvalue weighted by Gasteiger charge is 2.24. The van der Waals surface area contributed by atoms with Gasteiger partial charge in [-0.2, -0.15) is 0 Å². The van der Waals surface area contributed by atoms with Crippen molar-refractivity contribution in [3.8, 4) is 0 Å². The molecule has 3 aromatic rings. The van der Waals surface area contributed by atoms with Crippen LogP contribution in [0.1, 0.15) is 41.6 Å². The molecule has 0 bridgehead atoms. The van der Waals surface area contributed by atoms with Crippen molar-refractivity contribution in [3.05, 3.63) is 83.9 Å². The molecule has 0 amide bonds. The highest BCUT2D eigenvalue weighted by Crippen LogP contribution is 2.48. The highest BCUT2D eigenvalue weighted by molar-refractivity contribution is 7.99. The Morgan fingerprint density at radius 3 is 2.20 bits per heavy atom. The molecular weight excluding hydrogens is 450 g/mol. The molecule has 0 aromatic heterocycles. The van der Waals surface area contributed by atoms with E-state index < -0.39 is 0 Å². The summed E-state index contributed by atoms with van der Waals surface area (Å²) in [5, 5.41) is 0. The van der Waals surface area contributed by atoms with Crippen molar-refractivity contribution in [2.24, 2.45) is 0 Å². The third-order valence-corrected chi connectivity index (χ3v) is 8.26. The summed E-state index contributed by atoms with van der Waals surface area (Å²) in [6, 6.07) is 24.4. The van der Waals surface area contributed by atoms with Crippen molar-refractivity contribution in [1.82, 2.24) is 9.80 Å². The topological polar surface area (TPSA) is 26.8 Å². The van der Waals surface area contributed by atoms with Crippen molar-refractivity contribution < 1.29 is 4.79 Å². The lowest BCUT2D eigenvalue weighted by Crippen LogP contribution is -2.44. The number of hydrogen-bond donors (Lipinski definition) is 0. The zero-order valence-electron chi connectivity index (χ0n) is 20.7. The third kappa shape index (κ3) is 5.80. The van der Waals surface area contributed by atoms with Crippen LogP contribution in [0.15, 0.2) is 82.6 Å². The van der Waals surface area contributed by atoms with Crippen LogP contribution >= 0.6 is 11.8 Å². The van der Waals surface area contributed by atoms with Gasteiger partial charge in [0.2, 0.25) is 0 Å². The second-order valence-electron chi connectivity index (χ2n) is 9.66. The number of carbonyl (C=O) groups is 1. The Labute approximate surface area is 213 Å². The number of unbranched alkanes of at least 4 members (excludes halogenated alkanes) is 3. The number of anilines is 2. The van der Waals surface area contributed by atoms with E-state index in [0.717, 1.165) is 29.8 Å². The lowest BCUT2D eigenvalue weighted by molar-refractivity contribution is 0.103. The Bertz CT molecular complexity index is 1140. The molecule has 0 unspecified atom stereocenters. The molecule has 35 heavy (non-hydrogen) atoms. The van der Waals surface area contributed by atoms with E-state index in [9.17, 15) is 4.79 Å². The molecule has 0 N–H and O–H groups in total. The lowest BCUT2D eigenvalue weighted by Gasteiger charge is -2.33. The molecule has 0 radical (unpaired) electrons. The summed E-state index contributed by atoms with van der Waals surface area (Å²) in [5.41, 5.74) is 3.91. The van der Waals surface area contributed by atoms with Gasteiger partial charge in [0.05, 0.1) is 11.4 Å². The zero-order chi connectivity index (χ0) is 24.0. The highest BCUT2D eigenvalue weighted by atomic mass is 32.2. The minimum Gasteiger partial charge on any atom is -0.340 e. The van der Waals surface area contributed by atoms with Gasteiger partial charge >= 0.3 is 0 Å². The molecule has 0 atom stereocenters. The van der Waals surface area contributed by atoms with Gasteiger partial charge in [0.1, 0.15) is 0 Å². The second kappa shape index (κ2) is 11.4. The maximum atomic E-state index is 13.1. The number of nitrogens with zero attached hydrogens (tertiary/aromatic N) is 3. The number of para-hydroxylation sites is 1. The largest absolute Gasteiger partial charge is 0.340 e. The number of hydrogen-bond acceptors (Lipinski definition) is 5. The fraction of sp³-hybridized carbons (Fsp3) is 0.367. The minimum atomic E-state index is 0.0844. The molecule has 0 saturated carbocycles. The van der Waals surface area contributed by atoms with E-state index >= 15 is 0 Å². The van der Waals surface area contributed by atoms with Gasteiger partial charge in [-0.25, -0.2) is 0 Å². The molecule has 2 heterocycles. The molecule has 1 saturated heterocycles. The number of rotatable bonds is 9. The van der Waals surface area contributed by atoms with Gasteiger partial charge in [-0.3, -0.25) is 4.79 Å². The van der Waals surface area contributed by atoms with Crippen molar-refractivity contribution in [3.63, 3.8) is 0 Å².